The van der Waals surface area contributed by atoms with Crippen molar-refractivity contribution in [1.29, 1.82) is 0 Å². The Morgan fingerprint density at radius 1 is 1.17 bits per heavy atom. The van der Waals surface area contributed by atoms with Gasteiger partial charge in [0.05, 0.1) is 12.4 Å². The summed E-state index contributed by atoms with van der Waals surface area (Å²) in [5.41, 5.74) is 1.99. The average molecular weight is 476 g/mol. The van der Waals surface area contributed by atoms with Crippen LogP contribution in [0.15, 0.2) is 51.8 Å². The Bertz CT molecular complexity index is 989. The molecule has 0 saturated carbocycles. The molecule has 0 unspecified atom stereocenters. The second-order valence-electron chi connectivity index (χ2n) is 6.32. The summed E-state index contributed by atoms with van der Waals surface area (Å²) in [5.74, 6) is 2.75. The van der Waals surface area contributed by atoms with Crippen LogP contribution in [0.5, 0.6) is 5.75 Å². The van der Waals surface area contributed by atoms with Crippen LogP contribution in [0.3, 0.4) is 0 Å². The number of halogens is 1. The maximum Gasteiger partial charge on any atom is 0.344 e. The van der Waals surface area contributed by atoms with Crippen LogP contribution in [0.4, 0.5) is 0 Å². The zero-order valence-electron chi connectivity index (χ0n) is 16.5. The molecule has 8 heteroatoms. The molecule has 1 aromatic heterocycles. The Hall–Kier alpha value is -2.32. The number of benzene rings is 2. The Labute approximate surface area is 182 Å². The van der Waals surface area contributed by atoms with Crippen LogP contribution in [0, 0.1) is 6.92 Å². The summed E-state index contributed by atoms with van der Waals surface area (Å²) in [5, 5.41) is 8.68. The minimum atomic E-state index is -0.366. The van der Waals surface area contributed by atoms with Gasteiger partial charge in [-0.1, -0.05) is 28.1 Å². The SMILES string of the molecule is CCOC(=O)COc1ccc(SCc2nnc(-c3ccc(Br)cc3)n2C)cc1C. The molecule has 2 aromatic carbocycles. The van der Waals surface area contributed by atoms with E-state index in [9.17, 15) is 4.79 Å². The van der Waals surface area contributed by atoms with Crippen LogP contribution < -0.4 is 4.74 Å². The first-order chi connectivity index (χ1) is 14.0. The molecule has 1 heterocycles. The van der Waals surface area contributed by atoms with E-state index in [2.05, 4.69) is 26.1 Å². The number of hydrogen-bond acceptors (Lipinski definition) is 6. The molecular formula is C21H22BrN3O3S. The minimum absolute atomic E-state index is 0.0844. The molecule has 6 nitrogen and oxygen atoms in total. The van der Waals surface area contributed by atoms with Crippen LogP contribution in [-0.2, 0) is 22.3 Å². The Balaban J connectivity index is 1.62. The van der Waals surface area contributed by atoms with Gasteiger partial charge in [-0.3, -0.25) is 0 Å². The molecule has 0 radical (unpaired) electrons. The van der Waals surface area contributed by atoms with Crippen LogP contribution in [0.25, 0.3) is 11.4 Å². The third kappa shape index (κ3) is 5.61. The number of carbonyl (C=O) groups is 1. The number of ether oxygens (including phenoxy) is 2. The summed E-state index contributed by atoms with van der Waals surface area (Å²) in [6.45, 7) is 3.99. The highest BCUT2D eigenvalue weighted by Gasteiger charge is 2.12. The fraction of sp³-hybridized carbons (Fsp3) is 0.286. The van der Waals surface area contributed by atoms with Crippen LogP contribution in [-0.4, -0.2) is 33.9 Å². The standard InChI is InChI=1S/C21H22BrN3O3S/c1-4-27-20(26)12-28-18-10-9-17(11-14(18)2)29-13-19-23-24-21(25(19)3)15-5-7-16(22)8-6-15/h5-11H,4,12-13H2,1-3H3. The molecule has 3 aromatic rings. The second-order valence-corrected chi connectivity index (χ2v) is 8.28. The average Bonchev–Trinajstić information content (AvgIpc) is 3.07. The van der Waals surface area contributed by atoms with Crippen molar-refractivity contribution in [1.82, 2.24) is 14.8 Å². The molecule has 0 aliphatic rings. The van der Waals surface area contributed by atoms with Gasteiger partial charge in [0.25, 0.3) is 0 Å². The van der Waals surface area contributed by atoms with Crippen molar-refractivity contribution in [3.05, 3.63) is 58.3 Å². The second kappa shape index (κ2) is 9.93. The summed E-state index contributed by atoms with van der Waals surface area (Å²) < 4.78 is 13.5. The molecule has 0 N–H and O–H groups in total. The lowest BCUT2D eigenvalue weighted by molar-refractivity contribution is -0.145. The smallest absolute Gasteiger partial charge is 0.344 e. The highest BCUT2D eigenvalue weighted by Crippen LogP contribution is 2.28. The molecule has 29 heavy (non-hydrogen) atoms. The maximum absolute atomic E-state index is 11.4. The molecule has 0 amide bonds. The summed E-state index contributed by atoms with van der Waals surface area (Å²) in [6, 6.07) is 13.9. The van der Waals surface area contributed by atoms with Gasteiger partial charge in [0.1, 0.15) is 11.6 Å². The number of esters is 1. The molecule has 0 saturated heterocycles. The Morgan fingerprint density at radius 3 is 2.62 bits per heavy atom. The number of aryl methyl sites for hydroxylation is 1. The van der Waals surface area contributed by atoms with Gasteiger partial charge in [0, 0.05) is 22.0 Å². The molecule has 0 fully saturated rings. The van der Waals surface area contributed by atoms with Crippen molar-refractivity contribution >= 4 is 33.7 Å². The third-order valence-corrected chi connectivity index (χ3v) is 5.75. The van der Waals surface area contributed by atoms with Crippen molar-refractivity contribution in [2.24, 2.45) is 7.05 Å². The Morgan fingerprint density at radius 2 is 1.93 bits per heavy atom. The van der Waals surface area contributed by atoms with E-state index in [0.29, 0.717) is 18.1 Å². The number of aromatic nitrogens is 3. The van der Waals surface area contributed by atoms with E-state index >= 15 is 0 Å². The summed E-state index contributed by atoms with van der Waals surface area (Å²) in [7, 11) is 1.98. The number of hydrogen-bond donors (Lipinski definition) is 0. The van der Waals surface area contributed by atoms with Gasteiger partial charge >= 0.3 is 5.97 Å². The highest BCUT2D eigenvalue weighted by molar-refractivity contribution is 9.10. The van der Waals surface area contributed by atoms with Crippen LogP contribution in [0.1, 0.15) is 18.3 Å². The van der Waals surface area contributed by atoms with E-state index in [0.717, 1.165) is 32.1 Å². The van der Waals surface area contributed by atoms with E-state index in [1.54, 1.807) is 18.7 Å². The van der Waals surface area contributed by atoms with Crippen molar-refractivity contribution in [3.63, 3.8) is 0 Å². The molecule has 152 valence electrons. The first kappa shape index (κ1) is 21.4. The first-order valence-electron chi connectivity index (χ1n) is 9.14. The third-order valence-electron chi connectivity index (χ3n) is 4.23. The predicted octanol–water partition coefficient (Wildman–Crippen LogP) is 4.79. The monoisotopic (exact) mass is 475 g/mol. The van der Waals surface area contributed by atoms with E-state index < -0.39 is 0 Å². The summed E-state index contributed by atoms with van der Waals surface area (Å²) in [6.07, 6.45) is 0. The molecule has 0 bridgehead atoms. The van der Waals surface area contributed by atoms with Gasteiger partial charge in [0.15, 0.2) is 12.4 Å². The fourth-order valence-corrected chi connectivity index (χ4v) is 3.93. The molecule has 0 aliphatic heterocycles. The van der Waals surface area contributed by atoms with E-state index in [-0.39, 0.29) is 12.6 Å². The lowest BCUT2D eigenvalue weighted by Crippen LogP contribution is -2.14. The molecule has 0 atom stereocenters. The predicted molar refractivity (Wildman–Crippen MR) is 117 cm³/mol. The topological polar surface area (TPSA) is 66.2 Å². The lowest BCUT2D eigenvalue weighted by atomic mass is 10.2. The Kier molecular flexibility index (Phi) is 7.33. The quantitative estimate of drug-likeness (QED) is 0.344. The summed E-state index contributed by atoms with van der Waals surface area (Å²) >= 11 is 5.13. The van der Waals surface area contributed by atoms with Gasteiger partial charge in [-0.2, -0.15) is 0 Å². The maximum atomic E-state index is 11.4. The van der Waals surface area contributed by atoms with Gasteiger partial charge in [0.2, 0.25) is 0 Å². The van der Waals surface area contributed by atoms with Crippen LogP contribution in [0.2, 0.25) is 0 Å². The van der Waals surface area contributed by atoms with E-state index in [1.807, 2.05) is 61.0 Å². The van der Waals surface area contributed by atoms with Gasteiger partial charge in [-0.05, 0) is 49.7 Å². The van der Waals surface area contributed by atoms with Gasteiger partial charge in [-0.25, -0.2) is 4.79 Å². The van der Waals surface area contributed by atoms with Crippen molar-refractivity contribution in [3.8, 4) is 17.1 Å². The first-order valence-corrected chi connectivity index (χ1v) is 10.9. The van der Waals surface area contributed by atoms with Crippen molar-refractivity contribution in [2.75, 3.05) is 13.2 Å². The molecule has 3 rings (SSSR count). The normalized spacial score (nSPS) is 10.8. The molecular weight excluding hydrogens is 454 g/mol. The zero-order valence-corrected chi connectivity index (χ0v) is 18.9. The number of rotatable bonds is 8. The molecule has 0 aliphatic carbocycles. The highest BCUT2D eigenvalue weighted by atomic mass is 79.9. The van der Waals surface area contributed by atoms with Crippen LogP contribution >= 0.6 is 27.7 Å². The summed E-state index contributed by atoms with van der Waals surface area (Å²) in [4.78, 5) is 12.5. The molecule has 0 spiro atoms. The fourth-order valence-electron chi connectivity index (χ4n) is 2.70. The number of thioether (sulfide) groups is 1. The van der Waals surface area contributed by atoms with Crippen molar-refractivity contribution in [2.45, 2.75) is 24.5 Å². The lowest BCUT2D eigenvalue weighted by Gasteiger charge is -2.10. The van der Waals surface area contributed by atoms with Gasteiger partial charge < -0.3 is 14.0 Å². The minimum Gasteiger partial charge on any atom is -0.482 e. The van der Waals surface area contributed by atoms with Crippen molar-refractivity contribution < 1.29 is 14.3 Å². The largest absolute Gasteiger partial charge is 0.482 e. The van der Waals surface area contributed by atoms with E-state index in [1.165, 1.54) is 0 Å². The van der Waals surface area contributed by atoms with E-state index in [4.69, 9.17) is 9.47 Å². The van der Waals surface area contributed by atoms with Gasteiger partial charge in [-0.15, -0.1) is 22.0 Å². The number of carbonyl (C=O) groups excluding carboxylic acids is 1. The zero-order chi connectivity index (χ0) is 20.8. The number of nitrogens with zero attached hydrogens (tertiary/aromatic N) is 3.